The van der Waals surface area contributed by atoms with Gasteiger partial charge in [0.05, 0.1) is 46.3 Å². The van der Waals surface area contributed by atoms with Crippen molar-refractivity contribution in [3.05, 3.63) is 125 Å². The van der Waals surface area contributed by atoms with Crippen LogP contribution < -0.4 is 23.7 Å². The average Bonchev–Trinajstić information content (AvgIpc) is 3.73. The first-order valence-electron chi connectivity index (χ1n) is 20.6. The fraction of sp³-hybridized carbons (Fsp3) is 0.271. The molecular formula is C48H46ClFN6O7S. The molecule has 0 bridgehead atoms. The van der Waals surface area contributed by atoms with Crippen LogP contribution in [0.3, 0.4) is 0 Å². The first-order valence-corrected chi connectivity index (χ1v) is 21.8. The molecule has 4 aromatic carbocycles. The van der Waals surface area contributed by atoms with Crippen LogP contribution in [-0.2, 0) is 17.8 Å². The maximum atomic E-state index is 14.2. The zero-order valence-electron chi connectivity index (χ0n) is 35.7. The van der Waals surface area contributed by atoms with Crippen LogP contribution in [-0.4, -0.2) is 107 Å². The summed E-state index contributed by atoms with van der Waals surface area (Å²) < 4.78 is 49.4. The number of hydrogen-bond acceptors (Lipinski definition) is 13. The molecule has 13 nitrogen and oxygen atoms in total. The first kappa shape index (κ1) is 44.2. The molecule has 1 saturated heterocycles. The van der Waals surface area contributed by atoms with Crippen LogP contribution in [0.1, 0.15) is 16.8 Å². The van der Waals surface area contributed by atoms with Gasteiger partial charge in [-0.15, -0.1) is 0 Å². The molecule has 0 spiro atoms. The van der Waals surface area contributed by atoms with Gasteiger partial charge in [-0.2, -0.15) is 4.37 Å². The van der Waals surface area contributed by atoms with E-state index in [0.717, 1.165) is 60.9 Å². The molecule has 0 radical (unpaired) electrons. The quantitative estimate of drug-likeness (QED) is 0.0931. The third kappa shape index (κ3) is 9.87. The van der Waals surface area contributed by atoms with Gasteiger partial charge >= 0.3 is 5.97 Å². The fourth-order valence-corrected chi connectivity index (χ4v) is 8.50. The van der Waals surface area contributed by atoms with Crippen molar-refractivity contribution in [2.75, 3.05) is 60.6 Å². The number of carboxylic acids is 1. The van der Waals surface area contributed by atoms with Crippen molar-refractivity contribution >= 4 is 39.2 Å². The summed E-state index contributed by atoms with van der Waals surface area (Å²) in [5.74, 6) is 0.826. The highest BCUT2D eigenvalue weighted by Crippen LogP contribution is 2.46. The molecule has 1 atom stereocenters. The molecule has 0 amide bonds. The average molecular weight is 905 g/mol. The number of piperazine rings is 1. The van der Waals surface area contributed by atoms with E-state index in [1.165, 1.54) is 25.3 Å². The monoisotopic (exact) mass is 904 g/mol. The van der Waals surface area contributed by atoms with Crippen molar-refractivity contribution in [3.8, 4) is 62.7 Å². The van der Waals surface area contributed by atoms with Crippen LogP contribution >= 0.6 is 23.1 Å². The summed E-state index contributed by atoms with van der Waals surface area (Å²) in [4.78, 5) is 31.6. The van der Waals surface area contributed by atoms with Crippen molar-refractivity contribution in [2.45, 2.75) is 26.1 Å². The Hall–Kier alpha value is -6.39. The largest absolute Gasteiger partial charge is 0.497 e. The highest BCUT2D eigenvalue weighted by Gasteiger charge is 2.28. The zero-order valence-corrected chi connectivity index (χ0v) is 37.3. The Morgan fingerprint density at radius 3 is 2.52 bits per heavy atom. The van der Waals surface area contributed by atoms with Gasteiger partial charge < -0.3 is 33.7 Å². The maximum Gasteiger partial charge on any atom is 0.345 e. The summed E-state index contributed by atoms with van der Waals surface area (Å²) >= 11 is 8.26. The number of methoxy groups -OCH3 is 2. The lowest BCUT2D eigenvalue weighted by Crippen LogP contribution is -2.45. The normalized spacial score (nSPS) is 13.7. The second kappa shape index (κ2) is 20.0. The van der Waals surface area contributed by atoms with E-state index in [1.54, 1.807) is 49.8 Å². The molecule has 1 fully saturated rings. The molecule has 64 heavy (non-hydrogen) atoms. The van der Waals surface area contributed by atoms with Gasteiger partial charge in [-0.25, -0.2) is 19.2 Å². The van der Waals surface area contributed by atoms with Gasteiger partial charge in [0.2, 0.25) is 12.0 Å². The molecule has 3 aromatic heterocycles. The summed E-state index contributed by atoms with van der Waals surface area (Å²) in [6.45, 7) is 7.23. The Labute approximate surface area is 379 Å². The van der Waals surface area contributed by atoms with Crippen molar-refractivity contribution in [2.24, 2.45) is 0 Å². The number of nitrogens with zero attached hydrogens (tertiary/aromatic N) is 6. The number of halogens is 2. The molecule has 8 rings (SSSR count). The molecule has 4 heterocycles. The highest BCUT2D eigenvalue weighted by atomic mass is 35.5. The fourth-order valence-electron chi connectivity index (χ4n) is 7.58. The van der Waals surface area contributed by atoms with Gasteiger partial charge in [-0.05, 0) is 90.7 Å². The summed E-state index contributed by atoms with van der Waals surface area (Å²) in [7, 11) is 5.22. The Bertz CT molecular complexity index is 2780. The van der Waals surface area contributed by atoms with E-state index >= 15 is 0 Å². The predicted octanol–water partition coefficient (Wildman–Crippen LogP) is 8.88. The second-order valence-electron chi connectivity index (χ2n) is 15.2. The van der Waals surface area contributed by atoms with E-state index in [0.29, 0.717) is 72.8 Å². The first-order chi connectivity index (χ1) is 31.1. The Morgan fingerprint density at radius 1 is 0.906 bits per heavy atom. The van der Waals surface area contributed by atoms with Gasteiger partial charge in [0.1, 0.15) is 42.0 Å². The molecular weight excluding hydrogens is 859 g/mol. The van der Waals surface area contributed by atoms with Gasteiger partial charge in [0.25, 0.3) is 0 Å². The number of rotatable bonds is 17. The topological polar surface area (TPSA) is 141 Å². The van der Waals surface area contributed by atoms with E-state index in [1.807, 2.05) is 43.3 Å². The van der Waals surface area contributed by atoms with Gasteiger partial charge in [-0.3, -0.25) is 9.88 Å². The molecule has 0 aliphatic carbocycles. The van der Waals surface area contributed by atoms with E-state index in [4.69, 9.17) is 40.3 Å². The van der Waals surface area contributed by atoms with Crippen LogP contribution in [0.2, 0.25) is 5.02 Å². The number of pyridine rings is 1. The Kier molecular flexibility index (Phi) is 13.8. The minimum atomic E-state index is -1.37. The van der Waals surface area contributed by atoms with Crippen LogP contribution in [0.15, 0.2) is 97.3 Å². The molecule has 16 heteroatoms. The third-order valence-corrected chi connectivity index (χ3v) is 12.3. The lowest BCUT2D eigenvalue weighted by atomic mass is 9.93. The molecule has 1 N–H and O–H groups in total. The number of para-hydroxylation sites is 1. The lowest BCUT2D eigenvalue weighted by Gasteiger charge is -2.32. The van der Waals surface area contributed by atoms with Crippen LogP contribution in [0, 0.1) is 12.7 Å². The SMILES string of the molecule is COc1cccc(-c2ncc3snc(O[C@H](Cc4ccccc4OCc4ccnc(-c5cc(F)ccc5OC)n4)C(=O)O)c3c2-c2ccc(OCCN3CCN(C)CC3)c(Cl)c2C)c1. The van der Waals surface area contributed by atoms with Crippen molar-refractivity contribution in [1.29, 1.82) is 0 Å². The van der Waals surface area contributed by atoms with E-state index in [9.17, 15) is 14.3 Å². The molecule has 0 saturated carbocycles. The van der Waals surface area contributed by atoms with Crippen molar-refractivity contribution in [3.63, 3.8) is 0 Å². The smallest absolute Gasteiger partial charge is 0.345 e. The second-order valence-corrected chi connectivity index (χ2v) is 16.4. The van der Waals surface area contributed by atoms with Crippen LogP contribution in [0.25, 0.3) is 43.9 Å². The predicted molar refractivity (Wildman–Crippen MR) is 245 cm³/mol. The van der Waals surface area contributed by atoms with Gasteiger partial charge in [-0.1, -0.05) is 48.0 Å². The number of hydrogen-bond donors (Lipinski definition) is 1. The van der Waals surface area contributed by atoms with Crippen LogP contribution in [0.5, 0.6) is 28.9 Å². The molecule has 7 aromatic rings. The maximum absolute atomic E-state index is 14.2. The Balaban J connectivity index is 1.09. The summed E-state index contributed by atoms with van der Waals surface area (Å²) in [6.07, 6.45) is 1.84. The van der Waals surface area contributed by atoms with Gasteiger partial charge in [0.15, 0.2) is 5.82 Å². The minimum Gasteiger partial charge on any atom is -0.497 e. The number of aromatic nitrogens is 4. The standard InChI is InChI=1S/C48H46ClFN6O7S/c1-29-35(13-15-39(44(29)49)61-23-22-56-20-18-55(2)19-21-56)42-43-41(27-52-45(42)31-9-7-10-34(24-31)59-3)64-54-47(43)63-40(48(57)58)25-30-8-5-6-11-37(30)62-28-33-16-17-51-46(53-33)36-26-32(50)12-14-38(36)60-4/h5-17,24,26-27,40H,18-23,25,28H2,1-4H3,(H,57,58)/t40-/m1/s1. The van der Waals surface area contributed by atoms with E-state index in [2.05, 4.69) is 31.2 Å². The summed E-state index contributed by atoms with van der Waals surface area (Å²) in [6, 6.07) is 24.3. The van der Waals surface area contributed by atoms with E-state index < -0.39 is 17.9 Å². The molecule has 1 aliphatic heterocycles. The van der Waals surface area contributed by atoms with E-state index in [-0.39, 0.29) is 24.7 Å². The summed E-state index contributed by atoms with van der Waals surface area (Å²) in [5, 5.41) is 11.7. The number of likely N-dealkylation sites (N-methyl/N-ethyl adjacent to an activating group) is 1. The number of carboxylic acid groups (broad SMARTS) is 1. The van der Waals surface area contributed by atoms with Gasteiger partial charge in [0, 0.05) is 62.7 Å². The third-order valence-electron chi connectivity index (χ3n) is 11.1. The molecule has 330 valence electrons. The highest BCUT2D eigenvalue weighted by molar-refractivity contribution is 7.13. The zero-order chi connectivity index (χ0) is 44.7. The Morgan fingerprint density at radius 2 is 1.72 bits per heavy atom. The molecule has 1 aliphatic rings. The number of ether oxygens (including phenoxy) is 5. The van der Waals surface area contributed by atoms with Crippen LogP contribution in [0.4, 0.5) is 4.39 Å². The minimum absolute atomic E-state index is 0.0187. The van der Waals surface area contributed by atoms with Crippen molar-refractivity contribution in [1.82, 2.24) is 29.1 Å². The molecule has 0 unspecified atom stereocenters. The van der Waals surface area contributed by atoms with Crippen molar-refractivity contribution < 1.29 is 38.0 Å². The summed E-state index contributed by atoms with van der Waals surface area (Å²) in [5.41, 5.74) is 5.04. The number of carbonyl (C=O) groups is 1. The number of benzene rings is 4. The number of aliphatic carboxylic acids is 1. The lowest BCUT2D eigenvalue weighted by molar-refractivity contribution is -0.145. The number of fused-ring (bicyclic) bond motifs is 1.